The molecule has 21 heavy (non-hydrogen) atoms. The zero-order valence-corrected chi connectivity index (χ0v) is 13.7. The Morgan fingerprint density at radius 1 is 1.19 bits per heavy atom. The van der Waals surface area contributed by atoms with Gasteiger partial charge in [-0.2, -0.15) is 0 Å². The van der Waals surface area contributed by atoms with Crippen molar-refractivity contribution >= 4 is 5.91 Å². The van der Waals surface area contributed by atoms with Gasteiger partial charge in [0.05, 0.1) is 6.54 Å². The largest absolute Gasteiger partial charge is 0.352 e. The van der Waals surface area contributed by atoms with E-state index < -0.39 is 0 Å². The fourth-order valence-corrected chi connectivity index (χ4v) is 4.13. The van der Waals surface area contributed by atoms with E-state index in [-0.39, 0.29) is 11.4 Å². The van der Waals surface area contributed by atoms with Crippen molar-refractivity contribution < 1.29 is 4.79 Å². The van der Waals surface area contributed by atoms with Gasteiger partial charge in [-0.05, 0) is 38.6 Å². The van der Waals surface area contributed by atoms with E-state index in [1.54, 1.807) is 0 Å². The molecule has 2 aliphatic carbocycles. The summed E-state index contributed by atoms with van der Waals surface area (Å²) in [5, 5.41) is 3.23. The first-order valence-electron chi connectivity index (χ1n) is 8.94. The van der Waals surface area contributed by atoms with Gasteiger partial charge in [0, 0.05) is 18.1 Å². The van der Waals surface area contributed by atoms with Gasteiger partial charge in [0.15, 0.2) is 0 Å². The van der Waals surface area contributed by atoms with Gasteiger partial charge in [-0.25, -0.2) is 0 Å². The molecular formula is C17H33N3O. The van der Waals surface area contributed by atoms with E-state index in [9.17, 15) is 4.79 Å². The summed E-state index contributed by atoms with van der Waals surface area (Å²) in [7, 11) is 0. The van der Waals surface area contributed by atoms with E-state index in [0.29, 0.717) is 19.1 Å². The van der Waals surface area contributed by atoms with Crippen LogP contribution < -0.4 is 11.1 Å². The lowest BCUT2D eigenvalue weighted by Gasteiger charge is -2.45. The van der Waals surface area contributed by atoms with Crippen LogP contribution in [0.3, 0.4) is 0 Å². The van der Waals surface area contributed by atoms with Crippen LogP contribution in [-0.4, -0.2) is 42.0 Å². The Labute approximate surface area is 129 Å². The Kier molecular flexibility index (Phi) is 6.49. The lowest BCUT2D eigenvalue weighted by atomic mass is 9.80. The maximum Gasteiger partial charge on any atom is 0.234 e. The molecular weight excluding hydrogens is 262 g/mol. The normalized spacial score (nSPS) is 22.6. The van der Waals surface area contributed by atoms with Crippen LogP contribution in [0.1, 0.15) is 71.1 Å². The molecule has 0 bridgehead atoms. The number of carbonyl (C=O) groups excluding carboxylic acids is 1. The van der Waals surface area contributed by atoms with Crippen molar-refractivity contribution in [1.29, 1.82) is 0 Å². The second-order valence-electron chi connectivity index (χ2n) is 6.96. The average molecular weight is 295 g/mol. The second kappa shape index (κ2) is 8.14. The maximum atomic E-state index is 12.4. The molecule has 0 aliphatic heterocycles. The number of rotatable bonds is 7. The fourth-order valence-electron chi connectivity index (χ4n) is 4.13. The van der Waals surface area contributed by atoms with E-state index >= 15 is 0 Å². The van der Waals surface area contributed by atoms with E-state index in [1.807, 2.05) is 0 Å². The van der Waals surface area contributed by atoms with Gasteiger partial charge in [0.25, 0.3) is 0 Å². The third kappa shape index (κ3) is 4.43. The van der Waals surface area contributed by atoms with Gasteiger partial charge in [-0.15, -0.1) is 0 Å². The maximum absolute atomic E-state index is 12.4. The molecule has 0 heterocycles. The predicted molar refractivity (Wildman–Crippen MR) is 87.1 cm³/mol. The average Bonchev–Trinajstić information content (AvgIpc) is 3.00. The third-order valence-corrected chi connectivity index (χ3v) is 5.38. The predicted octanol–water partition coefficient (Wildman–Crippen LogP) is 2.42. The summed E-state index contributed by atoms with van der Waals surface area (Å²) in [5.41, 5.74) is 6.21. The fraction of sp³-hybridized carbons (Fsp3) is 0.941. The summed E-state index contributed by atoms with van der Waals surface area (Å²) in [4.78, 5) is 14.8. The molecule has 3 N–H and O–H groups in total. The van der Waals surface area contributed by atoms with Crippen LogP contribution in [-0.2, 0) is 4.79 Å². The highest BCUT2D eigenvalue weighted by Crippen LogP contribution is 2.33. The Bertz CT molecular complexity index is 320. The molecule has 0 aromatic heterocycles. The van der Waals surface area contributed by atoms with E-state index in [4.69, 9.17) is 5.73 Å². The van der Waals surface area contributed by atoms with Crippen LogP contribution in [0.15, 0.2) is 0 Å². The number of carbonyl (C=O) groups is 1. The van der Waals surface area contributed by atoms with Crippen molar-refractivity contribution in [3.05, 3.63) is 0 Å². The lowest BCUT2D eigenvalue weighted by Crippen LogP contribution is -2.58. The van der Waals surface area contributed by atoms with Gasteiger partial charge in [0.1, 0.15) is 0 Å². The van der Waals surface area contributed by atoms with Crippen LogP contribution in [0.4, 0.5) is 0 Å². The lowest BCUT2D eigenvalue weighted by molar-refractivity contribution is -0.125. The van der Waals surface area contributed by atoms with Gasteiger partial charge >= 0.3 is 0 Å². The summed E-state index contributed by atoms with van der Waals surface area (Å²) in [5.74, 6) is 0.203. The minimum Gasteiger partial charge on any atom is -0.352 e. The van der Waals surface area contributed by atoms with Crippen LogP contribution in [0.5, 0.6) is 0 Å². The van der Waals surface area contributed by atoms with E-state index in [0.717, 1.165) is 38.6 Å². The van der Waals surface area contributed by atoms with Crippen molar-refractivity contribution in [3.8, 4) is 0 Å². The van der Waals surface area contributed by atoms with Crippen LogP contribution >= 0.6 is 0 Å². The van der Waals surface area contributed by atoms with Crippen molar-refractivity contribution in [2.75, 3.05) is 19.6 Å². The molecule has 0 radical (unpaired) electrons. The standard InChI is InChI=1S/C17H33N3O/c1-2-12-20(17(14-18)10-6-3-7-11-17)13-16(21)19-15-8-4-5-9-15/h15H,2-14,18H2,1H3,(H,19,21). The van der Waals surface area contributed by atoms with Gasteiger partial charge in [0.2, 0.25) is 5.91 Å². The molecule has 0 atom stereocenters. The number of amides is 1. The molecule has 2 saturated carbocycles. The summed E-state index contributed by atoms with van der Waals surface area (Å²) in [6.45, 7) is 4.38. The monoisotopic (exact) mass is 295 g/mol. The smallest absolute Gasteiger partial charge is 0.234 e. The molecule has 4 heteroatoms. The SMILES string of the molecule is CCCN(CC(=O)NC1CCCC1)C1(CN)CCCCC1. The van der Waals surface area contributed by atoms with Crippen molar-refractivity contribution in [2.45, 2.75) is 82.7 Å². The van der Waals surface area contributed by atoms with Crippen LogP contribution in [0.25, 0.3) is 0 Å². The Morgan fingerprint density at radius 2 is 1.86 bits per heavy atom. The molecule has 4 nitrogen and oxygen atoms in total. The molecule has 122 valence electrons. The third-order valence-electron chi connectivity index (χ3n) is 5.38. The molecule has 0 aromatic carbocycles. The van der Waals surface area contributed by atoms with Gasteiger partial charge < -0.3 is 11.1 Å². The highest BCUT2D eigenvalue weighted by molar-refractivity contribution is 5.78. The number of nitrogens with two attached hydrogens (primary N) is 1. The van der Waals surface area contributed by atoms with E-state index in [2.05, 4.69) is 17.1 Å². The molecule has 2 fully saturated rings. The van der Waals surface area contributed by atoms with Crippen LogP contribution in [0, 0.1) is 0 Å². The Morgan fingerprint density at radius 3 is 2.43 bits per heavy atom. The molecule has 0 unspecified atom stereocenters. The minimum absolute atomic E-state index is 0.0707. The first kappa shape index (κ1) is 16.8. The molecule has 2 aliphatic rings. The summed E-state index contributed by atoms with van der Waals surface area (Å²) < 4.78 is 0. The zero-order chi connectivity index (χ0) is 15.1. The van der Waals surface area contributed by atoms with Crippen LogP contribution in [0.2, 0.25) is 0 Å². The minimum atomic E-state index is 0.0707. The Hall–Kier alpha value is -0.610. The molecule has 0 saturated heterocycles. The van der Waals surface area contributed by atoms with Gasteiger partial charge in [-0.1, -0.05) is 39.0 Å². The number of hydrogen-bond acceptors (Lipinski definition) is 3. The van der Waals surface area contributed by atoms with E-state index in [1.165, 1.54) is 32.1 Å². The summed E-state index contributed by atoms with van der Waals surface area (Å²) in [6, 6.07) is 0.418. The summed E-state index contributed by atoms with van der Waals surface area (Å²) >= 11 is 0. The molecule has 0 spiro atoms. The zero-order valence-electron chi connectivity index (χ0n) is 13.7. The van der Waals surface area contributed by atoms with Crippen molar-refractivity contribution in [1.82, 2.24) is 10.2 Å². The number of hydrogen-bond donors (Lipinski definition) is 2. The van der Waals surface area contributed by atoms with Crippen molar-refractivity contribution in [3.63, 3.8) is 0 Å². The Balaban J connectivity index is 1.94. The highest BCUT2D eigenvalue weighted by atomic mass is 16.2. The molecule has 0 aromatic rings. The number of nitrogens with one attached hydrogen (secondary N) is 1. The molecule has 2 rings (SSSR count). The second-order valence-corrected chi connectivity index (χ2v) is 6.96. The first-order chi connectivity index (χ1) is 10.2. The highest BCUT2D eigenvalue weighted by Gasteiger charge is 2.37. The van der Waals surface area contributed by atoms with Gasteiger partial charge in [-0.3, -0.25) is 9.69 Å². The first-order valence-corrected chi connectivity index (χ1v) is 8.94. The number of nitrogens with zero attached hydrogens (tertiary/aromatic N) is 1. The quantitative estimate of drug-likeness (QED) is 0.758. The topological polar surface area (TPSA) is 58.4 Å². The molecule has 1 amide bonds. The van der Waals surface area contributed by atoms with Crippen molar-refractivity contribution in [2.24, 2.45) is 5.73 Å². The summed E-state index contributed by atoms with van der Waals surface area (Å²) in [6.07, 6.45) is 12.0.